The Bertz CT molecular complexity index is 922. The zero-order valence-corrected chi connectivity index (χ0v) is 12.7. The van der Waals surface area contributed by atoms with Crippen molar-refractivity contribution in [2.45, 2.75) is 0 Å². The topological polar surface area (TPSA) is 24.4 Å². The van der Waals surface area contributed by atoms with E-state index in [2.05, 4.69) is 5.10 Å². The molecule has 0 saturated carbocycles. The summed E-state index contributed by atoms with van der Waals surface area (Å²) in [6.07, 6.45) is 1.30. The summed E-state index contributed by atoms with van der Waals surface area (Å²) < 4.78 is 54.1. The summed E-state index contributed by atoms with van der Waals surface area (Å²) in [6, 6.07) is 12.9. The number of nitrogens with zero attached hydrogens (tertiary/aromatic N) is 1. The van der Waals surface area contributed by atoms with Crippen LogP contribution in [0.3, 0.4) is 0 Å². The molecule has 0 aliphatic rings. The average Bonchev–Trinajstić information content (AvgIpc) is 2.61. The van der Waals surface area contributed by atoms with Gasteiger partial charge >= 0.3 is 0 Å². The largest absolute Gasteiger partial charge is 0.272 e. The van der Waals surface area contributed by atoms with Crippen LogP contribution in [0.2, 0.25) is 5.02 Å². The van der Waals surface area contributed by atoms with Crippen LogP contribution in [0.15, 0.2) is 47.6 Å². The summed E-state index contributed by atoms with van der Waals surface area (Å²) >= 11 is 5.16. The highest BCUT2D eigenvalue weighted by Crippen LogP contribution is 2.31. The first-order valence-corrected chi connectivity index (χ1v) is 7.16. The van der Waals surface area contributed by atoms with Crippen molar-refractivity contribution >= 4 is 34.3 Å². The Hall–Kier alpha value is -2.60. The first kappa shape index (κ1) is 16.3. The second-order valence-electron chi connectivity index (χ2n) is 4.88. The van der Waals surface area contributed by atoms with Crippen LogP contribution in [0, 0.1) is 23.3 Å². The maximum absolute atomic E-state index is 13.7. The summed E-state index contributed by atoms with van der Waals surface area (Å²) in [6.45, 7) is 0. The molecule has 122 valence electrons. The zero-order chi connectivity index (χ0) is 17.3. The van der Waals surface area contributed by atoms with E-state index in [-0.39, 0.29) is 0 Å². The fraction of sp³-hybridized carbons (Fsp3) is 0. The van der Waals surface area contributed by atoms with Crippen molar-refractivity contribution in [3.63, 3.8) is 0 Å². The molecule has 0 spiro atoms. The predicted molar refractivity (Wildman–Crippen MR) is 86.4 cm³/mol. The molecule has 0 heterocycles. The molecule has 2 nitrogen and oxygen atoms in total. The minimum absolute atomic E-state index is 0.663. The number of halogens is 5. The Balaban J connectivity index is 1.95. The van der Waals surface area contributed by atoms with Crippen LogP contribution in [0.5, 0.6) is 0 Å². The van der Waals surface area contributed by atoms with Gasteiger partial charge in [0.1, 0.15) is 10.7 Å². The second kappa shape index (κ2) is 6.49. The lowest BCUT2D eigenvalue weighted by Gasteiger charge is -2.08. The molecule has 3 aromatic rings. The minimum Gasteiger partial charge on any atom is -0.272 e. The molecular formula is C17H9ClF4N2. The molecule has 0 bridgehead atoms. The molecule has 0 saturated heterocycles. The third-order valence-electron chi connectivity index (χ3n) is 3.41. The van der Waals surface area contributed by atoms with Gasteiger partial charge in [-0.15, -0.1) is 0 Å². The molecule has 3 aromatic carbocycles. The van der Waals surface area contributed by atoms with Crippen LogP contribution in [-0.2, 0) is 0 Å². The van der Waals surface area contributed by atoms with Crippen molar-refractivity contribution in [1.82, 2.24) is 0 Å². The molecule has 0 atom stereocenters. The van der Waals surface area contributed by atoms with Gasteiger partial charge in [0, 0.05) is 5.56 Å². The normalized spacial score (nSPS) is 11.4. The van der Waals surface area contributed by atoms with E-state index in [1.165, 1.54) is 6.21 Å². The highest BCUT2D eigenvalue weighted by Gasteiger charge is 2.24. The number of hydrogen-bond donors (Lipinski definition) is 1. The maximum Gasteiger partial charge on any atom is 0.188 e. The molecule has 0 aliphatic heterocycles. The van der Waals surface area contributed by atoms with Crippen LogP contribution in [-0.4, -0.2) is 6.21 Å². The Morgan fingerprint density at radius 1 is 0.833 bits per heavy atom. The number of nitrogens with one attached hydrogen (secondary N) is 1. The van der Waals surface area contributed by atoms with E-state index < -0.39 is 34.0 Å². The molecule has 0 aromatic heterocycles. The lowest BCUT2D eigenvalue weighted by atomic mass is 10.1. The van der Waals surface area contributed by atoms with Crippen molar-refractivity contribution in [2.24, 2.45) is 5.10 Å². The molecule has 0 fully saturated rings. The van der Waals surface area contributed by atoms with Gasteiger partial charge in [-0.2, -0.15) is 5.10 Å². The smallest absolute Gasteiger partial charge is 0.188 e. The van der Waals surface area contributed by atoms with Gasteiger partial charge in [0.15, 0.2) is 23.3 Å². The summed E-state index contributed by atoms with van der Waals surface area (Å²) in [5, 5.41) is 4.23. The monoisotopic (exact) mass is 352 g/mol. The van der Waals surface area contributed by atoms with Gasteiger partial charge in [0.25, 0.3) is 0 Å². The highest BCUT2D eigenvalue weighted by atomic mass is 35.5. The molecule has 0 radical (unpaired) electrons. The van der Waals surface area contributed by atoms with Crippen molar-refractivity contribution in [3.8, 4) is 0 Å². The van der Waals surface area contributed by atoms with Crippen LogP contribution in [0.25, 0.3) is 10.8 Å². The molecular weight excluding hydrogens is 344 g/mol. The second-order valence-corrected chi connectivity index (χ2v) is 5.26. The third kappa shape index (κ3) is 2.80. The van der Waals surface area contributed by atoms with Crippen LogP contribution < -0.4 is 5.43 Å². The zero-order valence-electron chi connectivity index (χ0n) is 12.0. The Morgan fingerprint density at radius 3 is 2.17 bits per heavy atom. The highest BCUT2D eigenvalue weighted by molar-refractivity contribution is 6.31. The summed E-state index contributed by atoms with van der Waals surface area (Å²) in [4.78, 5) is 0. The molecule has 0 aliphatic carbocycles. The Kier molecular flexibility index (Phi) is 4.40. The Labute approximate surface area is 139 Å². The molecule has 24 heavy (non-hydrogen) atoms. The SMILES string of the molecule is Fc1c(F)c(NN=Cc2cccc3ccccc23)c(F)c(F)c1Cl. The van der Waals surface area contributed by atoms with Crippen LogP contribution >= 0.6 is 11.6 Å². The van der Waals surface area contributed by atoms with Gasteiger partial charge in [-0.1, -0.05) is 54.1 Å². The molecule has 1 N–H and O–H groups in total. The van der Waals surface area contributed by atoms with Gasteiger partial charge in [-0.05, 0) is 10.8 Å². The van der Waals surface area contributed by atoms with Gasteiger partial charge in [-0.25, -0.2) is 17.6 Å². The number of anilines is 1. The molecule has 7 heteroatoms. The maximum atomic E-state index is 13.7. The molecule has 0 amide bonds. The van der Waals surface area contributed by atoms with Crippen LogP contribution in [0.1, 0.15) is 5.56 Å². The minimum atomic E-state index is -1.68. The number of benzene rings is 3. The summed E-state index contributed by atoms with van der Waals surface area (Å²) in [5.74, 6) is -6.65. The van der Waals surface area contributed by atoms with Crippen molar-refractivity contribution in [2.75, 3.05) is 5.43 Å². The average molecular weight is 353 g/mol. The molecule has 3 rings (SSSR count). The van der Waals surface area contributed by atoms with Crippen molar-refractivity contribution in [1.29, 1.82) is 0 Å². The summed E-state index contributed by atoms with van der Waals surface area (Å²) in [7, 11) is 0. The number of fused-ring (bicyclic) bond motifs is 1. The summed E-state index contributed by atoms with van der Waals surface area (Å²) in [5.41, 5.74) is 1.60. The van der Waals surface area contributed by atoms with E-state index >= 15 is 0 Å². The molecule has 0 unspecified atom stereocenters. The Morgan fingerprint density at radius 2 is 1.46 bits per heavy atom. The number of hydrazone groups is 1. The van der Waals surface area contributed by atoms with E-state index in [0.717, 1.165) is 10.8 Å². The first-order valence-electron chi connectivity index (χ1n) is 6.79. The third-order valence-corrected chi connectivity index (χ3v) is 3.74. The number of hydrogen-bond acceptors (Lipinski definition) is 2. The number of rotatable bonds is 3. The standard InChI is InChI=1S/C17H9ClF4N2/c18-12-13(19)15(21)17(16(22)14(12)20)24-23-8-10-6-3-5-9-4-1-2-7-11(9)10/h1-8,24H. The first-order chi connectivity index (χ1) is 11.5. The van der Waals surface area contributed by atoms with Gasteiger partial charge in [-0.3, -0.25) is 5.43 Å². The quantitative estimate of drug-likeness (QED) is 0.217. The van der Waals surface area contributed by atoms with E-state index in [1.807, 2.05) is 35.8 Å². The van der Waals surface area contributed by atoms with E-state index in [1.54, 1.807) is 12.1 Å². The van der Waals surface area contributed by atoms with Crippen LogP contribution in [0.4, 0.5) is 23.2 Å². The van der Waals surface area contributed by atoms with Gasteiger partial charge < -0.3 is 0 Å². The fourth-order valence-corrected chi connectivity index (χ4v) is 2.40. The fourth-order valence-electron chi connectivity index (χ4n) is 2.23. The van der Waals surface area contributed by atoms with E-state index in [4.69, 9.17) is 11.6 Å². The van der Waals surface area contributed by atoms with Crippen molar-refractivity contribution in [3.05, 3.63) is 76.3 Å². The van der Waals surface area contributed by atoms with Crippen molar-refractivity contribution < 1.29 is 17.6 Å². The van der Waals surface area contributed by atoms with E-state index in [0.29, 0.717) is 5.56 Å². The lowest BCUT2D eigenvalue weighted by Crippen LogP contribution is -2.04. The van der Waals surface area contributed by atoms with Gasteiger partial charge in [0.05, 0.1) is 6.21 Å². The van der Waals surface area contributed by atoms with Gasteiger partial charge in [0.2, 0.25) is 0 Å². The lowest BCUT2D eigenvalue weighted by molar-refractivity contribution is 0.459. The predicted octanol–water partition coefficient (Wildman–Crippen LogP) is 5.50. The van der Waals surface area contributed by atoms with E-state index in [9.17, 15) is 17.6 Å².